The highest BCUT2D eigenvalue weighted by Gasteiger charge is 2.20. The van der Waals surface area contributed by atoms with Crippen molar-refractivity contribution >= 4 is 23.9 Å². The van der Waals surface area contributed by atoms with Gasteiger partial charge in [0.15, 0.2) is 0 Å². The maximum absolute atomic E-state index is 11.9. The standard InChI is InChI=1S/C14H20N2O3.ClH/c1-9(2)14(15)13(17)8-10(3)11-4-6-12(7-5-11)16(18)19;/h4-7,9-10,14H,8,15H2,1-3H3;1H/t10-,14+;/m0./s1. The van der Waals surface area contributed by atoms with E-state index in [1.54, 1.807) is 12.1 Å². The molecule has 0 spiro atoms. The van der Waals surface area contributed by atoms with E-state index in [0.29, 0.717) is 6.42 Å². The molecule has 0 amide bonds. The minimum Gasteiger partial charge on any atom is -0.321 e. The van der Waals surface area contributed by atoms with E-state index < -0.39 is 11.0 Å². The molecule has 0 aliphatic heterocycles. The summed E-state index contributed by atoms with van der Waals surface area (Å²) in [6.45, 7) is 5.75. The van der Waals surface area contributed by atoms with E-state index in [1.807, 2.05) is 20.8 Å². The summed E-state index contributed by atoms with van der Waals surface area (Å²) >= 11 is 0. The fourth-order valence-electron chi connectivity index (χ4n) is 1.85. The lowest BCUT2D eigenvalue weighted by Crippen LogP contribution is -2.36. The van der Waals surface area contributed by atoms with Crippen molar-refractivity contribution in [2.45, 2.75) is 39.2 Å². The highest BCUT2D eigenvalue weighted by atomic mass is 35.5. The molecule has 0 unspecified atom stereocenters. The number of carbonyl (C=O) groups is 1. The molecule has 2 N–H and O–H groups in total. The molecule has 1 aromatic carbocycles. The monoisotopic (exact) mass is 300 g/mol. The summed E-state index contributed by atoms with van der Waals surface area (Å²) in [7, 11) is 0. The summed E-state index contributed by atoms with van der Waals surface area (Å²) < 4.78 is 0. The lowest BCUT2D eigenvalue weighted by atomic mass is 9.90. The van der Waals surface area contributed by atoms with Gasteiger partial charge in [-0.15, -0.1) is 12.4 Å². The zero-order chi connectivity index (χ0) is 14.6. The molecule has 0 heterocycles. The number of nitrogens with two attached hydrogens (primary N) is 1. The Balaban J connectivity index is 0.00000361. The van der Waals surface area contributed by atoms with Gasteiger partial charge in [-0.3, -0.25) is 14.9 Å². The Morgan fingerprint density at radius 3 is 2.15 bits per heavy atom. The van der Waals surface area contributed by atoms with Gasteiger partial charge in [0.25, 0.3) is 5.69 Å². The summed E-state index contributed by atoms with van der Waals surface area (Å²) in [5.41, 5.74) is 6.78. The van der Waals surface area contributed by atoms with Gasteiger partial charge < -0.3 is 5.73 Å². The fraction of sp³-hybridized carbons (Fsp3) is 0.500. The number of nitro groups is 1. The third-order valence-electron chi connectivity index (χ3n) is 3.27. The number of non-ortho nitro benzene ring substituents is 1. The van der Waals surface area contributed by atoms with Crippen LogP contribution in [0.1, 0.15) is 38.7 Å². The Hall–Kier alpha value is -1.46. The molecule has 0 aliphatic rings. The lowest BCUT2D eigenvalue weighted by Gasteiger charge is -2.17. The topological polar surface area (TPSA) is 86.2 Å². The number of carbonyl (C=O) groups excluding carboxylic acids is 1. The lowest BCUT2D eigenvalue weighted by molar-refractivity contribution is -0.384. The van der Waals surface area contributed by atoms with Gasteiger partial charge in [0.1, 0.15) is 5.78 Å². The molecule has 112 valence electrons. The van der Waals surface area contributed by atoms with E-state index in [-0.39, 0.29) is 35.7 Å². The first-order valence-electron chi connectivity index (χ1n) is 6.35. The van der Waals surface area contributed by atoms with Crippen LogP contribution in [0.2, 0.25) is 0 Å². The molecule has 5 nitrogen and oxygen atoms in total. The van der Waals surface area contributed by atoms with Gasteiger partial charge >= 0.3 is 0 Å². The van der Waals surface area contributed by atoms with Crippen LogP contribution < -0.4 is 5.73 Å². The Kier molecular flexibility index (Phi) is 7.39. The zero-order valence-electron chi connectivity index (χ0n) is 11.9. The molecule has 6 heteroatoms. The molecule has 0 saturated carbocycles. The van der Waals surface area contributed by atoms with E-state index in [4.69, 9.17) is 5.73 Å². The van der Waals surface area contributed by atoms with E-state index >= 15 is 0 Å². The number of benzene rings is 1. The van der Waals surface area contributed by atoms with Crippen LogP contribution in [0.3, 0.4) is 0 Å². The van der Waals surface area contributed by atoms with Gasteiger partial charge in [0.2, 0.25) is 0 Å². The highest BCUT2D eigenvalue weighted by molar-refractivity contribution is 5.85. The first-order valence-corrected chi connectivity index (χ1v) is 6.35. The first kappa shape index (κ1) is 18.5. The van der Waals surface area contributed by atoms with E-state index in [0.717, 1.165) is 5.56 Å². The van der Waals surface area contributed by atoms with Crippen LogP contribution in [0.5, 0.6) is 0 Å². The van der Waals surface area contributed by atoms with E-state index in [1.165, 1.54) is 12.1 Å². The Morgan fingerprint density at radius 2 is 1.75 bits per heavy atom. The molecule has 0 bridgehead atoms. The summed E-state index contributed by atoms with van der Waals surface area (Å²) in [5.74, 6) is 0.163. The normalized spacial score (nSPS) is 13.4. The van der Waals surface area contributed by atoms with E-state index in [2.05, 4.69) is 0 Å². The fourth-order valence-corrected chi connectivity index (χ4v) is 1.85. The molecule has 0 saturated heterocycles. The number of halogens is 1. The third kappa shape index (κ3) is 4.90. The average Bonchev–Trinajstić information content (AvgIpc) is 2.37. The second kappa shape index (κ2) is 7.97. The average molecular weight is 301 g/mol. The van der Waals surface area contributed by atoms with Crippen molar-refractivity contribution in [1.82, 2.24) is 0 Å². The molecule has 1 aromatic rings. The summed E-state index contributed by atoms with van der Waals surface area (Å²) in [5, 5.41) is 10.6. The van der Waals surface area contributed by atoms with Gasteiger partial charge in [0.05, 0.1) is 11.0 Å². The minimum atomic E-state index is -0.444. The van der Waals surface area contributed by atoms with Crippen LogP contribution in [-0.4, -0.2) is 16.7 Å². The highest BCUT2D eigenvalue weighted by Crippen LogP contribution is 2.23. The number of hydrogen-bond donors (Lipinski definition) is 1. The number of rotatable bonds is 6. The maximum Gasteiger partial charge on any atom is 0.269 e. The summed E-state index contributed by atoms with van der Waals surface area (Å²) in [6.07, 6.45) is 0.358. The van der Waals surface area contributed by atoms with Crippen molar-refractivity contribution < 1.29 is 9.72 Å². The zero-order valence-corrected chi connectivity index (χ0v) is 12.7. The number of Topliss-reactive ketones (excluding diaryl/α,β-unsaturated/α-hetero) is 1. The number of nitro benzene ring substituents is 1. The Bertz CT molecular complexity index is 460. The summed E-state index contributed by atoms with van der Waals surface area (Å²) in [4.78, 5) is 22.0. The van der Waals surface area contributed by atoms with Crippen LogP contribution >= 0.6 is 12.4 Å². The predicted molar refractivity (Wildman–Crippen MR) is 81.2 cm³/mol. The Morgan fingerprint density at radius 1 is 1.25 bits per heavy atom. The Labute approximate surface area is 125 Å². The number of nitrogens with zero attached hydrogens (tertiary/aromatic N) is 1. The second-order valence-electron chi connectivity index (χ2n) is 5.19. The minimum absolute atomic E-state index is 0. The van der Waals surface area contributed by atoms with Crippen molar-refractivity contribution in [3.8, 4) is 0 Å². The van der Waals surface area contributed by atoms with Crippen LogP contribution in [0, 0.1) is 16.0 Å². The van der Waals surface area contributed by atoms with Gasteiger partial charge in [0, 0.05) is 18.6 Å². The summed E-state index contributed by atoms with van der Waals surface area (Å²) in [6, 6.07) is 5.85. The molecule has 1 rings (SSSR count). The van der Waals surface area contributed by atoms with Crippen LogP contribution in [-0.2, 0) is 4.79 Å². The molecule has 0 radical (unpaired) electrons. The van der Waals surface area contributed by atoms with Gasteiger partial charge in [-0.05, 0) is 17.4 Å². The van der Waals surface area contributed by atoms with Gasteiger partial charge in [-0.25, -0.2) is 0 Å². The van der Waals surface area contributed by atoms with Crippen molar-refractivity contribution in [1.29, 1.82) is 0 Å². The third-order valence-corrected chi connectivity index (χ3v) is 3.27. The van der Waals surface area contributed by atoms with Crippen LogP contribution in [0.15, 0.2) is 24.3 Å². The van der Waals surface area contributed by atoms with Gasteiger partial charge in [-0.2, -0.15) is 0 Å². The van der Waals surface area contributed by atoms with Crippen LogP contribution in [0.25, 0.3) is 0 Å². The number of hydrogen-bond acceptors (Lipinski definition) is 4. The quantitative estimate of drug-likeness (QED) is 0.646. The molecular formula is C14H21ClN2O3. The molecule has 0 aliphatic carbocycles. The predicted octanol–water partition coefficient (Wildman–Crippen LogP) is 3.06. The molecular weight excluding hydrogens is 280 g/mol. The van der Waals surface area contributed by atoms with Crippen molar-refractivity contribution in [2.75, 3.05) is 0 Å². The molecule has 0 aromatic heterocycles. The molecule has 20 heavy (non-hydrogen) atoms. The van der Waals surface area contributed by atoms with Crippen molar-refractivity contribution in [2.24, 2.45) is 11.7 Å². The SMILES string of the molecule is CC(C)[C@@H](N)C(=O)C[C@H](C)c1ccc([N+](=O)[O-])cc1.Cl. The number of ketones is 1. The smallest absolute Gasteiger partial charge is 0.269 e. The maximum atomic E-state index is 11.9. The molecule has 0 fully saturated rings. The van der Waals surface area contributed by atoms with Crippen molar-refractivity contribution in [3.63, 3.8) is 0 Å². The van der Waals surface area contributed by atoms with Crippen molar-refractivity contribution in [3.05, 3.63) is 39.9 Å². The van der Waals surface area contributed by atoms with Crippen LogP contribution in [0.4, 0.5) is 5.69 Å². The molecule has 2 atom stereocenters. The first-order chi connectivity index (χ1) is 8.82. The largest absolute Gasteiger partial charge is 0.321 e. The second-order valence-corrected chi connectivity index (χ2v) is 5.19. The van der Waals surface area contributed by atoms with E-state index in [9.17, 15) is 14.9 Å². The van der Waals surface area contributed by atoms with Gasteiger partial charge in [-0.1, -0.05) is 32.9 Å².